The van der Waals surface area contributed by atoms with Crippen molar-refractivity contribution in [2.75, 3.05) is 31.6 Å². The van der Waals surface area contributed by atoms with Crippen LogP contribution in [0.15, 0.2) is 18.3 Å². The minimum Gasteiger partial charge on any atom is -0.352 e. The lowest BCUT2D eigenvalue weighted by molar-refractivity contribution is 0.327. The third-order valence-electron chi connectivity index (χ3n) is 4.65. The second-order valence-electron chi connectivity index (χ2n) is 6.55. The van der Waals surface area contributed by atoms with E-state index in [9.17, 15) is 0 Å². The molecule has 4 heteroatoms. The normalized spacial score (nSPS) is 24.1. The van der Waals surface area contributed by atoms with Gasteiger partial charge in [0.25, 0.3) is 0 Å². The fraction of sp³-hybridized carbons (Fsp3) is 0.706. The summed E-state index contributed by atoms with van der Waals surface area (Å²) in [5.41, 5.74) is 1.36. The number of hydrogen-bond acceptors (Lipinski definition) is 4. The number of anilines is 1. The highest BCUT2D eigenvalue weighted by atomic mass is 15.3. The van der Waals surface area contributed by atoms with Crippen molar-refractivity contribution in [2.45, 2.75) is 51.2 Å². The van der Waals surface area contributed by atoms with E-state index >= 15 is 0 Å². The van der Waals surface area contributed by atoms with Gasteiger partial charge in [0, 0.05) is 37.9 Å². The van der Waals surface area contributed by atoms with Crippen molar-refractivity contribution < 1.29 is 0 Å². The smallest absolute Gasteiger partial charge is 0.129 e. The zero-order valence-corrected chi connectivity index (χ0v) is 13.4. The molecule has 1 unspecified atom stereocenters. The molecule has 1 saturated heterocycles. The Morgan fingerprint density at radius 3 is 2.95 bits per heavy atom. The highest BCUT2D eigenvalue weighted by Crippen LogP contribution is 2.22. The van der Waals surface area contributed by atoms with Crippen LogP contribution in [0.3, 0.4) is 0 Å². The van der Waals surface area contributed by atoms with Crippen LogP contribution in [0.5, 0.6) is 0 Å². The summed E-state index contributed by atoms with van der Waals surface area (Å²) in [5, 5.41) is 3.59. The summed E-state index contributed by atoms with van der Waals surface area (Å²) >= 11 is 0. The minimum absolute atomic E-state index is 0.580. The molecule has 3 rings (SSSR count). The lowest BCUT2D eigenvalue weighted by atomic mass is 10.1. The molecule has 0 aromatic carbocycles. The Balaban J connectivity index is 1.71. The Morgan fingerprint density at radius 1 is 1.33 bits per heavy atom. The van der Waals surface area contributed by atoms with E-state index in [1.807, 2.05) is 6.20 Å². The zero-order valence-electron chi connectivity index (χ0n) is 13.4. The Bertz CT molecular complexity index is 458. The summed E-state index contributed by atoms with van der Waals surface area (Å²) in [6.45, 7) is 6.72. The fourth-order valence-electron chi connectivity index (χ4n) is 3.17. The lowest BCUT2D eigenvalue weighted by Crippen LogP contribution is -2.40. The molecule has 1 atom stereocenters. The first-order chi connectivity index (χ1) is 10.3. The van der Waals surface area contributed by atoms with Gasteiger partial charge in [-0.3, -0.25) is 0 Å². The van der Waals surface area contributed by atoms with Crippen LogP contribution in [0.4, 0.5) is 5.82 Å². The predicted octanol–water partition coefficient (Wildman–Crippen LogP) is 2.25. The Labute approximate surface area is 128 Å². The average molecular weight is 288 g/mol. The van der Waals surface area contributed by atoms with Crippen molar-refractivity contribution in [1.82, 2.24) is 15.2 Å². The molecule has 2 heterocycles. The zero-order chi connectivity index (χ0) is 14.7. The number of hydrogen-bond donors (Lipinski definition) is 1. The van der Waals surface area contributed by atoms with Crippen molar-refractivity contribution in [3.05, 3.63) is 23.9 Å². The van der Waals surface area contributed by atoms with Crippen LogP contribution in [0, 0.1) is 0 Å². The monoisotopic (exact) mass is 288 g/mol. The van der Waals surface area contributed by atoms with E-state index in [2.05, 4.69) is 46.2 Å². The van der Waals surface area contributed by atoms with E-state index in [1.165, 1.54) is 37.8 Å². The second-order valence-corrected chi connectivity index (χ2v) is 6.55. The molecule has 4 nitrogen and oxygen atoms in total. The largest absolute Gasteiger partial charge is 0.352 e. The number of nitrogens with one attached hydrogen (secondary N) is 1. The van der Waals surface area contributed by atoms with Crippen LogP contribution < -0.4 is 10.2 Å². The van der Waals surface area contributed by atoms with Gasteiger partial charge in [-0.05, 0) is 57.0 Å². The first-order valence-electron chi connectivity index (χ1n) is 8.39. The Morgan fingerprint density at radius 2 is 2.19 bits per heavy atom. The van der Waals surface area contributed by atoms with Crippen LogP contribution in [-0.4, -0.2) is 48.6 Å². The van der Waals surface area contributed by atoms with Gasteiger partial charge in [-0.25, -0.2) is 4.98 Å². The molecule has 116 valence electrons. The summed E-state index contributed by atoms with van der Waals surface area (Å²) in [5.74, 6) is 1.16. The highest BCUT2D eigenvalue weighted by Gasteiger charge is 2.23. The van der Waals surface area contributed by atoms with Crippen molar-refractivity contribution in [3.63, 3.8) is 0 Å². The van der Waals surface area contributed by atoms with Crippen LogP contribution in [-0.2, 0) is 6.54 Å². The molecule has 2 aliphatic rings. The molecule has 1 saturated carbocycles. The molecular weight excluding hydrogens is 260 g/mol. The van der Waals surface area contributed by atoms with E-state index in [1.54, 1.807) is 0 Å². The quantitative estimate of drug-likeness (QED) is 0.900. The van der Waals surface area contributed by atoms with Crippen molar-refractivity contribution >= 4 is 5.82 Å². The Hall–Kier alpha value is -1.13. The molecular formula is C17H28N4. The van der Waals surface area contributed by atoms with Gasteiger partial charge in [-0.15, -0.1) is 0 Å². The molecule has 1 aromatic heterocycles. The van der Waals surface area contributed by atoms with Crippen LogP contribution >= 0.6 is 0 Å². The van der Waals surface area contributed by atoms with Gasteiger partial charge < -0.3 is 15.1 Å². The number of nitrogens with zero attached hydrogens (tertiary/aromatic N) is 3. The van der Waals surface area contributed by atoms with Gasteiger partial charge in [0.05, 0.1) is 0 Å². The second kappa shape index (κ2) is 6.75. The average Bonchev–Trinajstić information content (AvgIpc) is 3.32. The molecule has 1 aliphatic heterocycles. The van der Waals surface area contributed by atoms with Gasteiger partial charge >= 0.3 is 0 Å². The van der Waals surface area contributed by atoms with Crippen molar-refractivity contribution in [2.24, 2.45) is 0 Å². The number of pyridine rings is 1. The maximum absolute atomic E-state index is 4.65. The highest BCUT2D eigenvalue weighted by molar-refractivity contribution is 5.42. The molecule has 0 bridgehead atoms. The summed E-state index contributed by atoms with van der Waals surface area (Å²) in [6, 6.07) is 5.76. The van der Waals surface area contributed by atoms with Crippen LogP contribution in [0.2, 0.25) is 0 Å². The standard InChI is InChI=1S/C17H28N4/c1-3-16-13-20(2)9-4-10-21(16)17-11-14(7-8-18-17)12-19-15-5-6-15/h7-8,11,15-16,19H,3-6,9-10,12-13H2,1-2H3. The summed E-state index contributed by atoms with van der Waals surface area (Å²) < 4.78 is 0. The molecule has 21 heavy (non-hydrogen) atoms. The van der Waals surface area contributed by atoms with Gasteiger partial charge in [0.1, 0.15) is 5.82 Å². The number of rotatable bonds is 5. The van der Waals surface area contributed by atoms with Crippen molar-refractivity contribution in [1.29, 1.82) is 0 Å². The minimum atomic E-state index is 0.580. The maximum Gasteiger partial charge on any atom is 0.129 e. The topological polar surface area (TPSA) is 31.4 Å². The lowest BCUT2D eigenvalue weighted by Gasteiger charge is -2.31. The molecule has 0 amide bonds. The summed E-state index contributed by atoms with van der Waals surface area (Å²) in [6.07, 6.45) is 7.05. The van der Waals surface area contributed by atoms with Gasteiger partial charge in [0.2, 0.25) is 0 Å². The molecule has 1 aromatic rings. The first-order valence-corrected chi connectivity index (χ1v) is 8.39. The number of likely N-dealkylation sites (N-methyl/N-ethyl adjacent to an activating group) is 1. The van der Waals surface area contributed by atoms with E-state index in [0.717, 1.165) is 31.5 Å². The van der Waals surface area contributed by atoms with E-state index < -0.39 is 0 Å². The SMILES string of the molecule is CCC1CN(C)CCCN1c1cc(CNC2CC2)ccn1. The van der Waals surface area contributed by atoms with Gasteiger partial charge in [0.15, 0.2) is 0 Å². The van der Waals surface area contributed by atoms with Crippen LogP contribution in [0.25, 0.3) is 0 Å². The van der Waals surface area contributed by atoms with Gasteiger partial charge in [-0.2, -0.15) is 0 Å². The predicted molar refractivity (Wildman–Crippen MR) is 87.6 cm³/mol. The number of aromatic nitrogens is 1. The fourth-order valence-corrected chi connectivity index (χ4v) is 3.17. The molecule has 0 spiro atoms. The summed E-state index contributed by atoms with van der Waals surface area (Å²) in [4.78, 5) is 9.62. The van der Waals surface area contributed by atoms with E-state index in [-0.39, 0.29) is 0 Å². The maximum atomic E-state index is 4.65. The molecule has 1 aliphatic carbocycles. The molecule has 0 radical (unpaired) electrons. The summed E-state index contributed by atoms with van der Waals surface area (Å²) in [7, 11) is 2.23. The van der Waals surface area contributed by atoms with Crippen LogP contribution in [0.1, 0.15) is 38.2 Å². The van der Waals surface area contributed by atoms with Gasteiger partial charge in [-0.1, -0.05) is 6.92 Å². The Kier molecular flexibility index (Phi) is 4.76. The van der Waals surface area contributed by atoms with Crippen molar-refractivity contribution in [3.8, 4) is 0 Å². The van der Waals surface area contributed by atoms with E-state index in [0.29, 0.717) is 6.04 Å². The third kappa shape index (κ3) is 3.95. The molecule has 1 N–H and O–H groups in total. The molecule has 2 fully saturated rings. The third-order valence-corrected chi connectivity index (χ3v) is 4.65. The first kappa shape index (κ1) is 14.8. The van der Waals surface area contributed by atoms with E-state index in [4.69, 9.17) is 0 Å².